The van der Waals surface area contributed by atoms with Gasteiger partial charge in [-0.3, -0.25) is 4.79 Å². The number of nitrogens with one attached hydrogen (secondary N) is 1. The molecule has 1 amide bonds. The predicted molar refractivity (Wildman–Crippen MR) is 87.4 cm³/mol. The Balaban J connectivity index is 0.00000288. The molecule has 2 aromatic rings. The zero-order valence-electron chi connectivity index (χ0n) is 13.4. The zero-order chi connectivity index (χ0) is 17.6. The summed E-state index contributed by atoms with van der Waals surface area (Å²) >= 11 is 0. The predicted octanol–water partition coefficient (Wildman–Crippen LogP) is -0.450. The number of rotatable bonds is 3. The Kier molecular flexibility index (Phi) is 8.58. The molecule has 0 saturated heterocycles. The van der Waals surface area contributed by atoms with Crippen molar-refractivity contribution in [1.29, 1.82) is 0 Å². The van der Waals surface area contributed by atoms with E-state index in [9.17, 15) is 35.8 Å². The average molecular weight is 405 g/mol. The van der Waals surface area contributed by atoms with Gasteiger partial charge >= 0.3 is 0 Å². The normalized spacial score (nSPS) is 11.3. The van der Waals surface area contributed by atoms with Crippen molar-refractivity contribution in [3.63, 3.8) is 0 Å². The van der Waals surface area contributed by atoms with E-state index in [0.29, 0.717) is 6.07 Å². The van der Waals surface area contributed by atoms with Gasteiger partial charge in [0.25, 0.3) is 0 Å². The van der Waals surface area contributed by atoms with Gasteiger partial charge in [0.2, 0.25) is 5.91 Å². The molecule has 2 aromatic carbocycles. The molecule has 2 radical (unpaired) electrons. The van der Waals surface area contributed by atoms with Gasteiger partial charge in [-0.25, -0.2) is 16.8 Å². The third-order valence-electron chi connectivity index (χ3n) is 2.86. The first-order valence-electron chi connectivity index (χ1n) is 5.90. The van der Waals surface area contributed by atoms with E-state index in [0.717, 1.165) is 25.1 Å². The molecule has 9 nitrogen and oxygen atoms in total. The summed E-state index contributed by atoms with van der Waals surface area (Å²) in [5.41, 5.74) is -0.211. The molecule has 25 heavy (non-hydrogen) atoms. The number of aromatic hydroxyl groups is 1. The molecule has 2 rings (SSSR count). The number of phenols is 1. The quantitative estimate of drug-likeness (QED) is 0.512. The number of hydrogen-bond donors (Lipinski definition) is 2. The van der Waals surface area contributed by atoms with E-state index in [1.807, 2.05) is 0 Å². The maximum atomic E-state index is 11.2. The Morgan fingerprint density at radius 1 is 0.960 bits per heavy atom. The monoisotopic (exact) mass is 405 g/mol. The molecule has 0 aliphatic heterocycles. The van der Waals surface area contributed by atoms with Crippen LogP contribution in [0.4, 0.5) is 5.69 Å². The second-order valence-corrected chi connectivity index (χ2v) is 7.36. The van der Waals surface area contributed by atoms with Crippen molar-refractivity contribution >= 4 is 102 Å². The fourth-order valence-electron chi connectivity index (χ4n) is 2.02. The summed E-state index contributed by atoms with van der Waals surface area (Å²) < 4.78 is 66.7. The number of anilines is 1. The van der Waals surface area contributed by atoms with Gasteiger partial charge in [0.05, 0.1) is 15.5 Å². The standard InChI is InChI=1S/C12H11NO8S2.2Na/c1-6(14)13-10-4-8(22(16,17)18)2-7-3-9(23(19,20)21)5-11(15)12(7)10;;/h2-5,15H,1H3,(H,13,14)(H,16,17,18)(H,19,20,21);;/p-2. The van der Waals surface area contributed by atoms with Gasteiger partial charge in [0, 0.05) is 71.4 Å². The molecule has 0 aliphatic carbocycles. The molecule has 0 heterocycles. The van der Waals surface area contributed by atoms with Crippen molar-refractivity contribution in [2.75, 3.05) is 5.32 Å². The number of phenolic OH excluding ortho intramolecular Hbond substituents is 1. The Bertz CT molecular complexity index is 1030. The number of carbonyl (C=O) groups excluding carboxylic acids is 1. The van der Waals surface area contributed by atoms with Gasteiger partial charge in [-0.2, -0.15) is 0 Å². The third kappa shape index (κ3) is 5.89. The second-order valence-electron chi connectivity index (χ2n) is 4.60. The van der Waals surface area contributed by atoms with Gasteiger partial charge in [-0.05, 0) is 29.7 Å². The van der Waals surface area contributed by atoms with E-state index in [1.54, 1.807) is 0 Å². The van der Waals surface area contributed by atoms with Crippen LogP contribution in [0.1, 0.15) is 6.92 Å². The van der Waals surface area contributed by atoms with E-state index >= 15 is 0 Å². The summed E-state index contributed by atoms with van der Waals surface area (Å²) in [5, 5.41) is 11.8. The van der Waals surface area contributed by atoms with Gasteiger partial charge in [-0.15, -0.1) is 0 Å². The number of carbonyl (C=O) groups is 1. The van der Waals surface area contributed by atoms with Gasteiger partial charge in [0.15, 0.2) is 0 Å². The Morgan fingerprint density at radius 3 is 1.80 bits per heavy atom. The fraction of sp³-hybridized carbons (Fsp3) is 0.0833. The Labute approximate surface area is 187 Å². The van der Waals surface area contributed by atoms with Crippen LogP contribution in [0, 0.1) is 0 Å². The summed E-state index contributed by atoms with van der Waals surface area (Å²) in [6, 6.07) is 3.10. The molecule has 2 N–H and O–H groups in total. The van der Waals surface area contributed by atoms with Crippen molar-refractivity contribution in [2.24, 2.45) is 0 Å². The maximum absolute atomic E-state index is 11.2. The van der Waals surface area contributed by atoms with Crippen LogP contribution in [0.3, 0.4) is 0 Å². The van der Waals surface area contributed by atoms with E-state index in [1.165, 1.54) is 0 Å². The van der Waals surface area contributed by atoms with Gasteiger partial charge in [-0.1, -0.05) is 0 Å². The molecule has 0 aliphatic rings. The first-order chi connectivity index (χ1) is 10.4. The number of fused-ring (bicyclic) bond motifs is 1. The summed E-state index contributed by atoms with van der Waals surface area (Å²) in [6.45, 7) is 1.11. The zero-order valence-corrected chi connectivity index (χ0v) is 19.1. The SMILES string of the molecule is CC(=O)Nc1cc(S(=O)(=O)[O-])cc2cc(S(=O)(=O)[O-])cc(O)c12.[Na].[Na]. The molecule has 0 atom stereocenters. The molecule has 0 unspecified atom stereocenters. The maximum Gasteiger partial charge on any atom is 0.221 e. The molecule has 126 valence electrons. The smallest absolute Gasteiger partial charge is 0.221 e. The van der Waals surface area contributed by atoms with E-state index in [2.05, 4.69) is 5.32 Å². The Hall–Kier alpha value is -0.210. The number of amides is 1. The minimum absolute atomic E-state index is 0. The molecule has 0 aromatic heterocycles. The Morgan fingerprint density at radius 2 is 1.40 bits per heavy atom. The first-order valence-corrected chi connectivity index (χ1v) is 8.71. The summed E-state index contributed by atoms with van der Waals surface area (Å²) in [7, 11) is -9.85. The van der Waals surface area contributed by atoms with E-state index in [4.69, 9.17) is 0 Å². The fourth-order valence-corrected chi connectivity index (χ4v) is 3.08. The van der Waals surface area contributed by atoms with Crippen molar-refractivity contribution in [3.8, 4) is 5.75 Å². The summed E-state index contributed by atoms with van der Waals surface area (Å²) in [6.07, 6.45) is 0. The van der Waals surface area contributed by atoms with Crippen molar-refractivity contribution < 1.29 is 35.8 Å². The van der Waals surface area contributed by atoms with Crippen LogP contribution in [0.5, 0.6) is 5.75 Å². The van der Waals surface area contributed by atoms with Crippen molar-refractivity contribution in [3.05, 3.63) is 24.3 Å². The second kappa shape index (κ2) is 8.65. The number of hydrogen-bond acceptors (Lipinski definition) is 8. The van der Waals surface area contributed by atoms with Crippen LogP contribution in [0.2, 0.25) is 0 Å². The van der Waals surface area contributed by atoms with Crippen LogP contribution in [-0.4, -0.2) is 96.1 Å². The number of benzene rings is 2. The molecule has 0 spiro atoms. The largest absolute Gasteiger partial charge is 0.744 e. The van der Waals surface area contributed by atoms with E-state index in [-0.39, 0.29) is 75.6 Å². The van der Waals surface area contributed by atoms with E-state index < -0.39 is 41.7 Å². The summed E-state index contributed by atoms with van der Waals surface area (Å²) in [4.78, 5) is 9.62. The van der Waals surface area contributed by atoms with Crippen LogP contribution in [0.15, 0.2) is 34.1 Å². The van der Waals surface area contributed by atoms with Crippen LogP contribution in [-0.2, 0) is 25.0 Å². The summed E-state index contributed by atoms with van der Waals surface area (Å²) in [5.74, 6) is -1.29. The first kappa shape index (κ1) is 24.8. The average Bonchev–Trinajstić information content (AvgIpc) is 2.34. The molecule has 0 saturated carbocycles. The van der Waals surface area contributed by atoms with Gasteiger partial charge in [0.1, 0.15) is 26.0 Å². The van der Waals surface area contributed by atoms with Crippen molar-refractivity contribution in [2.45, 2.75) is 16.7 Å². The van der Waals surface area contributed by atoms with Crippen LogP contribution in [0.25, 0.3) is 10.8 Å². The molecule has 0 fully saturated rings. The molecule has 13 heteroatoms. The van der Waals surface area contributed by atoms with Gasteiger partial charge < -0.3 is 19.5 Å². The molecule has 0 bridgehead atoms. The topological polar surface area (TPSA) is 164 Å². The van der Waals surface area contributed by atoms with Crippen molar-refractivity contribution in [1.82, 2.24) is 0 Å². The third-order valence-corrected chi connectivity index (χ3v) is 4.49. The molecular formula is C12H9NNa2O8S2-2. The minimum Gasteiger partial charge on any atom is -0.744 e. The van der Waals surface area contributed by atoms with Crippen LogP contribution >= 0.6 is 0 Å². The molecular weight excluding hydrogens is 396 g/mol. The minimum atomic E-state index is -4.93. The van der Waals surface area contributed by atoms with Crippen LogP contribution < -0.4 is 5.32 Å².